The number of rotatable bonds is 6. The van der Waals surface area contributed by atoms with Crippen LogP contribution in [-0.2, 0) is 19.5 Å². The summed E-state index contributed by atoms with van der Waals surface area (Å²) in [6, 6.07) is 14.0. The van der Waals surface area contributed by atoms with Gasteiger partial charge in [0.05, 0.1) is 0 Å². The van der Waals surface area contributed by atoms with Crippen LogP contribution < -0.4 is 4.57 Å². The van der Waals surface area contributed by atoms with E-state index in [4.69, 9.17) is 11.6 Å². The topological polar surface area (TPSA) is 25.9 Å². The minimum atomic E-state index is 0.134. The molecule has 0 aliphatic heterocycles. The Morgan fingerprint density at radius 2 is 1.85 bits per heavy atom. The predicted octanol–water partition coefficient (Wildman–Crippen LogP) is 4.85. The molecule has 0 radical (unpaired) electrons. The van der Waals surface area contributed by atoms with Crippen LogP contribution >= 0.6 is 11.6 Å². The summed E-state index contributed by atoms with van der Waals surface area (Å²) in [7, 11) is 0. The van der Waals surface area contributed by atoms with Crippen molar-refractivity contribution in [1.82, 2.24) is 4.57 Å². The molecular formula is C23H26ClN2O+. The van der Waals surface area contributed by atoms with Gasteiger partial charge in [-0.1, -0.05) is 36.7 Å². The molecule has 3 rings (SSSR count). The van der Waals surface area contributed by atoms with E-state index in [2.05, 4.69) is 29.8 Å². The first kappa shape index (κ1) is 19.4. The highest BCUT2D eigenvalue weighted by atomic mass is 35.5. The van der Waals surface area contributed by atoms with Gasteiger partial charge in [-0.2, -0.15) is 4.57 Å². The van der Waals surface area contributed by atoms with Crippen LogP contribution in [0.15, 0.2) is 48.7 Å². The SMILES string of the molecule is CCc1ccc(C)[n+](CC(=O)c2cc(C)n(Cc3ccccc3Cl)c2C)c1. The summed E-state index contributed by atoms with van der Waals surface area (Å²) in [6.45, 7) is 9.23. The zero-order valence-electron chi connectivity index (χ0n) is 16.4. The number of hydrogen-bond donors (Lipinski definition) is 0. The molecule has 0 saturated heterocycles. The molecule has 2 heterocycles. The van der Waals surface area contributed by atoms with Crippen molar-refractivity contribution in [2.75, 3.05) is 0 Å². The van der Waals surface area contributed by atoms with Crippen LogP contribution in [0.3, 0.4) is 0 Å². The third kappa shape index (κ3) is 4.14. The van der Waals surface area contributed by atoms with Gasteiger partial charge in [0.25, 0.3) is 0 Å². The van der Waals surface area contributed by atoms with E-state index >= 15 is 0 Å². The molecule has 0 N–H and O–H groups in total. The number of Topliss-reactive ketones (excluding diaryl/α,β-unsaturated/α-hetero) is 1. The van der Waals surface area contributed by atoms with Crippen molar-refractivity contribution in [1.29, 1.82) is 0 Å². The summed E-state index contributed by atoms with van der Waals surface area (Å²) in [5.41, 5.74) is 6.22. The summed E-state index contributed by atoms with van der Waals surface area (Å²) in [6.07, 6.45) is 3.04. The van der Waals surface area contributed by atoms with Crippen molar-refractivity contribution < 1.29 is 9.36 Å². The van der Waals surface area contributed by atoms with Gasteiger partial charge in [0.1, 0.15) is 0 Å². The summed E-state index contributed by atoms with van der Waals surface area (Å²) in [5.74, 6) is 0.134. The molecule has 0 atom stereocenters. The van der Waals surface area contributed by atoms with E-state index in [0.29, 0.717) is 13.1 Å². The van der Waals surface area contributed by atoms with E-state index < -0.39 is 0 Å². The van der Waals surface area contributed by atoms with Gasteiger partial charge in [-0.15, -0.1) is 0 Å². The molecule has 1 aromatic carbocycles. The molecule has 0 fully saturated rings. The number of carbonyl (C=O) groups is 1. The third-order valence-electron chi connectivity index (χ3n) is 5.20. The van der Waals surface area contributed by atoms with Crippen molar-refractivity contribution in [2.45, 2.75) is 47.2 Å². The molecule has 0 amide bonds. The second kappa shape index (κ2) is 8.10. The second-order valence-electron chi connectivity index (χ2n) is 7.05. The van der Waals surface area contributed by atoms with Gasteiger partial charge in [0.2, 0.25) is 12.3 Å². The van der Waals surface area contributed by atoms with Crippen LogP contribution in [-0.4, -0.2) is 10.4 Å². The fourth-order valence-corrected chi connectivity index (χ4v) is 3.61. The molecular weight excluding hydrogens is 356 g/mol. The summed E-state index contributed by atoms with van der Waals surface area (Å²) >= 11 is 6.32. The zero-order valence-corrected chi connectivity index (χ0v) is 17.2. The van der Waals surface area contributed by atoms with Crippen LogP contribution in [0.4, 0.5) is 0 Å². The Morgan fingerprint density at radius 1 is 1.11 bits per heavy atom. The summed E-state index contributed by atoms with van der Waals surface area (Å²) < 4.78 is 4.20. The molecule has 140 valence electrons. The lowest BCUT2D eigenvalue weighted by Gasteiger charge is -2.11. The highest BCUT2D eigenvalue weighted by Crippen LogP contribution is 2.21. The fourth-order valence-electron chi connectivity index (χ4n) is 3.41. The minimum Gasteiger partial charge on any atom is -0.344 e. The summed E-state index contributed by atoms with van der Waals surface area (Å²) in [4.78, 5) is 13.0. The number of pyridine rings is 1. The van der Waals surface area contributed by atoms with Crippen molar-refractivity contribution in [3.63, 3.8) is 0 Å². The molecule has 0 aliphatic carbocycles. The number of benzene rings is 1. The first-order chi connectivity index (χ1) is 12.9. The highest BCUT2D eigenvalue weighted by molar-refractivity contribution is 6.31. The van der Waals surface area contributed by atoms with Crippen LogP contribution in [0, 0.1) is 20.8 Å². The van der Waals surface area contributed by atoms with Crippen molar-refractivity contribution >= 4 is 17.4 Å². The molecule has 2 aromatic heterocycles. The molecule has 0 bridgehead atoms. The zero-order chi connectivity index (χ0) is 19.6. The molecule has 3 aromatic rings. The van der Waals surface area contributed by atoms with E-state index in [1.807, 2.05) is 55.7 Å². The predicted molar refractivity (Wildman–Crippen MR) is 110 cm³/mol. The van der Waals surface area contributed by atoms with Gasteiger partial charge in [-0.25, -0.2) is 0 Å². The number of nitrogens with zero attached hydrogens (tertiary/aromatic N) is 2. The lowest BCUT2D eigenvalue weighted by molar-refractivity contribution is -0.689. The first-order valence-electron chi connectivity index (χ1n) is 9.33. The maximum atomic E-state index is 13.0. The van der Waals surface area contributed by atoms with Crippen LogP contribution in [0.25, 0.3) is 0 Å². The van der Waals surface area contributed by atoms with Gasteiger partial charge in [-0.3, -0.25) is 4.79 Å². The van der Waals surface area contributed by atoms with E-state index in [1.165, 1.54) is 5.56 Å². The van der Waals surface area contributed by atoms with Gasteiger partial charge in [-0.05, 0) is 44.0 Å². The van der Waals surface area contributed by atoms with Gasteiger partial charge in [0.15, 0.2) is 11.9 Å². The minimum absolute atomic E-state index is 0.134. The number of hydrogen-bond acceptors (Lipinski definition) is 1. The summed E-state index contributed by atoms with van der Waals surface area (Å²) in [5, 5.41) is 0.750. The number of aryl methyl sites for hydroxylation is 3. The van der Waals surface area contributed by atoms with E-state index in [9.17, 15) is 4.79 Å². The Bertz CT molecular complexity index is 988. The molecule has 0 aliphatic rings. The normalized spacial score (nSPS) is 11.0. The number of halogens is 1. The monoisotopic (exact) mass is 381 g/mol. The average molecular weight is 382 g/mol. The molecule has 4 heteroatoms. The molecule has 0 unspecified atom stereocenters. The molecule has 0 saturated carbocycles. The lowest BCUT2D eigenvalue weighted by atomic mass is 10.1. The number of aromatic nitrogens is 2. The largest absolute Gasteiger partial charge is 0.344 e. The van der Waals surface area contributed by atoms with E-state index in [1.54, 1.807) is 0 Å². The van der Waals surface area contributed by atoms with Crippen LogP contribution in [0.2, 0.25) is 5.02 Å². The van der Waals surface area contributed by atoms with Crippen molar-refractivity contribution in [2.24, 2.45) is 0 Å². The van der Waals surface area contributed by atoms with Crippen molar-refractivity contribution in [3.05, 3.63) is 87.5 Å². The van der Waals surface area contributed by atoms with Gasteiger partial charge < -0.3 is 4.57 Å². The molecule has 27 heavy (non-hydrogen) atoms. The van der Waals surface area contributed by atoms with Gasteiger partial charge >= 0.3 is 0 Å². The molecule has 3 nitrogen and oxygen atoms in total. The average Bonchev–Trinajstić information content (AvgIpc) is 2.93. The highest BCUT2D eigenvalue weighted by Gasteiger charge is 2.21. The Kier molecular flexibility index (Phi) is 5.81. The standard InChI is InChI=1S/C23H26ClN2O/c1-5-19-11-10-16(2)25(13-19)15-23(27)21-12-17(3)26(18(21)4)14-20-8-6-7-9-22(20)24/h6-13H,5,14-15H2,1-4H3/q+1. The Balaban J connectivity index is 1.88. The maximum Gasteiger partial charge on any atom is 0.229 e. The fraction of sp³-hybridized carbons (Fsp3) is 0.304. The Morgan fingerprint density at radius 3 is 2.56 bits per heavy atom. The quantitative estimate of drug-likeness (QED) is 0.442. The van der Waals surface area contributed by atoms with Gasteiger partial charge in [0, 0.05) is 47.1 Å². The van der Waals surface area contributed by atoms with Crippen LogP contribution in [0.5, 0.6) is 0 Å². The lowest BCUT2D eigenvalue weighted by Crippen LogP contribution is -2.41. The molecule has 0 spiro atoms. The Labute approximate surface area is 166 Å². The smallest absolute Gasteiger partial charge is 0.229 e. The van der Waals surface area contributed by atoms with E-state index in [-0.39, 0.29) is 5.78 Å². The number of ketones is 1. The first-order valence-corrected chi connectivity index (χ1v) is 9.70. The van der Waals surface area contributed by atoms with Crippen molar-refractivity contribution in [3.8, 4) is 0 Å². The second-order valence-corrected chi connectivity index (χ2v) is 7.45. The van der Waals surface area contributed by atoms with E-state index in [0.717, 1.165) is 39.7 Å². The number of carbonyl (C=O) groups excluding carboxylic acids is 1. The maximum absolute atomic E-state index is 13.0. The Hall–Kier alpha value is -2.39. The van der Waals surface area contributed by atoms with Crippen LogP contribution in [0.1, 0.15) is 45.5 Å². The third-order valence-corrected chi connectivity index (χ3v) is 5.56.